The van der Waals surface area contributed by atoms with Crippen LogP contribution in [0.5, 0.6) is 0 Å². The van der Waals surface area contributed by atoms with Crippen molar-refractivity contribution in [2.75, 3.05) is 38.7 Å². The molecule has 1 rings (SSSR count). The highest BCUT2D eigenvalue weighted by Gasteiger charge is 2.30. The molecule has 0 amide bonds. The Morgan fingerprint density at radius 3 is 2.21 bits per heavy atom. The van der Waals surface area contributed by atoms with E-state index in [1.165, 1.54) is 12.1 Å². The number of halogens is 3. The monoisotopic (exact) mass is 308 g/mol. The molecule has 0 aliphatic heterocycles. The molecule has 0 saturated heterocycles. The lowest BCUT2D eigenvalue weighted by atomic mass is 9.81. The molecular formula is C14H19Cl2FO2. The summed E-state index contributed by atoms with van der Waals surface area (Å²) in [6, 6.07) is 6.31. The van der Waals surface area contributed by atoms with Crippen LogP contribution in [0.25, 0.3) is 0 Å². The fraction of sp³-hybridized carbons (Fsp3) is 0.571. The van der Waals surface area contributed by atoms with E-state index in [4.69, 9.17) is 32.7 Å². The molecule has 0 N–H and O–H groups in total. The first-order valence-corrected chi connectivity index (χ1v) is 7.20. The molecule has 0 fully saturated rings. The first kappa shape index (κ1) is 16.7. The minimum absolute atomic E-state index is 0.266. The first-order chi connectivity index (χ1) is 9.18. The van der Waals surface area contributed by atoms with Crippen molar-refractivity contribution in [3.8, 4) is 0 Å². The Hall–Kier alpha value is -0.350. The van der Waals surface area contributed by atoms with Gasteiger partial charge in [-0.2, -0.15) is 0 Å². The fourth-order valence-electron chi connectivity index (χ4n) is 1.78. The zero-order valence-corrected chi connectivity index (χ0v) is 12.5. The predicted molar refractivity (Wildman–Crippen MR) is 76.8 cm³/mol. The van der Waals surface area contributed by atoms with Crippen LogP contribution in [0.15, 0.2) is 24.3 Å². The summed E-state index contributed by atoms with van der Waals surface area (Å²) in [4.78, 5) is 0. The maximum absolute atomic E-state index is 13.0. The molecule has 0 atom stereocenters. The molecule has 0 aliphatic carbocycles. The van der Waals surface area contributed by atoms with E-state index in [0.29, 0.717) is 38.0 Å². The van der Waals surface area contributed by atoms with E-state index in [1.54, 1.807) is 19.2 Å². The van der Waals surface area contributed by atoms with Crippen molar-refractivity contribution < 1.29 is 13.9 Å². The minimum Gasteiger partial charge on any atom is -0.382 e. The second kappa shape index (κ2) is 8.75. The van der Waals surface area contributed by atoms with E-state index < -0.39 is 0 Å². The van der Waals surface area contributed by atoms with Gasteiger partial charge in [-0.15, -0.1) is 23.2 Å². The van der Waals surface area contributed by atoms with E-state index in [1.807, 2.05) is 0 Å². The van der Waals surface area contributed by atoms with Crippen molar-refractivity contribution in [2.24, 2.45) is 0 Å². The standard InChI is InChI=1S/C14H19Cl2FO2/c1-18-8-9-19-7-6-14(10-15,11-16)12-2-4-13(17)5-3-12/h2-5H,6-11H2,1H3. The highest BCUT2D eigenvalue weighted by atomic mass is 35.5. The minimum atomic E-state index is -0.385. The molecule has 0 spiro atoms. The average Bonchev–Trinajstić information content (AvgIpc) is 2.45. The van der Waals surface area contributed by atoms with E-state index in [2.05, 4.69) is 0 Å². The molecule has 19 heavy (non-hydrogen) atoms. The second-order valence-electron chi connectivity index (χ2n) is 4.41. The molecule has 0 aromatic heterocycles. The Morgan fingerprint density at radius 2 is 1.68 bits per heavy atom. The smallest absolute Gasteiger partial charge is 0.123 e. The molecule has 5 heteroatoms. The SMILES string of the molecule is COCCOCCC(CCl)(CCl)c1ccc(F)cc1. The number of hydrogen-bond donors (Lipinski definition) is 0. The van der Waals surface area contributed by atoms with Gasteiger partial charge in [0.15, 0.2) is 0 Å². The van der Waals surface area contributed by atoms with Crippen LogP contribution in [0.3, 0.4) is 0 Å². The molecule has 0 unspecified atom stereocenters. The van der Waals surface area contributed by atoms with Crippen LogP contribution in [-0.2, 0) is 14.9 Å². The third-order valence-corrected chi connectivity index (χ3v) is 4.15. The molecule has 1 aromatic rings. The topological polar surface area (TPSA) is 18.5 Å². The number of methoxy groups -OCH3 is 1. The van der Waals surface area contributed by atoms with Gasteiger partial charge in [-0.05, 0) is 24.1 Å². The summed E-state index contributed by atoms with van der Waals surface area (Å²) in [6.07, 6.45) is 0.690. The number of rotatable bonds is 9. The number of ether oxygens (including phenoxy) is 2. The zero-order chi connectivity index (χ0) is 14.1. The fourth-order valence-corrected chi connectivity index (χ4v) is 2.64. The summed E-state index contributed by atoms with van der Waals surface area (Å²) < 4.78 is 23.3. The molecule has 0 saturated carbocycles. The lowest BCUT2D eigenvalue weighted by molar-refractivity contribution is 0.0632. The molecular weight excluding hydrogens is 290 g/mol. The van der Waals surface area contributed by atoms with Crippen molar-refractivity contribution in [1.29, 1.82) is 0 Å². The third-order valence-electron chi connectivity index (χ3n) is 3.12. The van der Waals surface area contributed by atoms with Crippen LogP contribution < -0.4 is 0 Å². The lowest BCUT2D eigenvalue weighted by Crippen LogP contribution is -2.32. The Labute approximate surface area is 123 Å². The van der Waals surface area contributed by atoms with Gasteiger partial charge >= 0.3 is 0 Å². The summed E-state index contributed by atoms with van der Waals surface area (Å²) in [5, 5.41) is 0. The van der Waals surface area contributed by atoms with Crippen molar-refractivity contribution in [3.63, 3.8) is 0 Å². The number of alkyl halides is 2. The van der Waals surface area contributed by atoms with E-state index in [-0.39, 0.29) is 11.2 Å². The Kier molecular flexibility index (Phi) is 7.69. The van der Waals surface area contributed by atoms with E-state index >= 15 is 0 Å². The lowest BCUT2D eigenvalue weighted by Gasteiger charge is -2.30. The van der Waals surface area contributed by atoms with Crippen molar-refractivity contribution in [3.05, 3.63) is 35.6 Å². The average molecular weight is 309 g/mol. The third kappa shape index (κ3) is 4.92. The highest BCUT2D eigenvalue weighted by molar-refractivity contribution is 6.22. The van der Waals surface area contributed by atoms with Gasteiger partial charge in [-0.25, -0.2) is 4.39 Å². The van der Waals surface area contributed by atoms with Crippen LogP contribution in [0.4, 0.5) is 4.39 Å². The van der Waals surface area contributed by atoms with Crippen molar-refractivity contribution in [1.82, 2.24) is 0 Å². The molecule has 0 aliphatic rings. The van der Waals surface area contributed by atoms with Crippen LogP contribution in [0.2, 0.25) is 0 Å². The molecule has 108 valence electrons. The Bertz CT molecular complexity index is 353. The van der Waals surface area contributed by atoms with Crippen LogP contribution in [0, 0.1) is 5.82 Å². The molecule has 0 heterocycles. The predicted octanol–water partition coefficient (Wildman–Crippen LogP) is 3.59. The summed E-state index contributed by atoms with van der Waals surface area (Å²) in [5.74, 6) is 0.476. The van der Waals surface area contributed by atoms with Crippen LogP contribution in [-0.4, -0.2) is 38.7 Å². The largest absolute Gasteiger partial charge is 0.382 e. The van der Waals surface area contributed by atoms with Gasteiger partial charge in [0.1, 0.15) is 5.82 Å². The Balaban J connectivity index is 2.65. The van der Waals surface area contributed by atoms with Gasteiger partial charge in [0.05, 0.1) is 13.2 Å². The van der Waals surface area contributed by atoms with Crippen molar-refractivity contribution in [2.45, 2.75) is 11.8 Å². The molecule has 2 nitrogen and oxygen atoms in total. The van der Waals surface area contributed by atoms with Gasteiger partial charge in [-0.1, -0.05) is 12.1 Å². The normalized spacial score (nSPS) is 11.8. The Morgan fingerprint density at radius 1 is 1.05 bits per heavy atom. The van der Waals surface area contributed by atoms with Crippen molar-refractivity contribution >= 4 is 23.2 Å². The molecule has 0 bridgehead atoms. The molecule has 1 aromatic carbocycles. The van der Waals surface area contributed by atoms with Gasteiger partial charge in [-0.3, -0.25) is 0 Å². The van der Waals surface area contributed by atoms with Crippen LogP contribution in [0.1, 0.15) is 12.0 Å². The number of benzene rings is 1. The molecule has 0 radical (unpaired) electrons. The zero-order valence-electron chi connectivity index (χ0n) is 11.0. The van der Waals surface area contributed by atoms with Gasteiger partial charge in [0.2, 0.25) is 0 Å². The highest BCUT2D eigenvalue weighted by Crippen LogP contribution is 2.31. The number of hydrogen-bond acceptors (Lipinski definition) is 2. The van der Waals surface area contributed by atoms with E-state index in [9.17, 15) is 4.39 Å². The second-order valence-corrected chi connectivity index (χ2v) is 4.94. The summed E-state index contributed by atoms with van der Waals surface area (Å²) in [5.41, 5.74) is 0.554. The summed E-state index contributed by atoms with van der Waals surface area (Å²) in [7, 11) is 1.63. The van der Waals surface area contributed by atoms with Gasteiger partial charge < -0.3 is 9.47 Å². The van der Waals surface area contributed by atoms with Crippen LogP contribution >= 0.6 is 23.2 Å². The van der Waals surface area contributed by atoms with E-state index in [0.717, 1.165) is 5.56 Å². The maximum Gasteiger partial charge on any atom is 0.123 e. The maximum atomic E-state index is 13.0. The van der Waals surface area contributed by atoms with Gasteiger partial charge in [0.25, 0.3) is 0 Å². The van der Waals surface area contributed by atoms with Gasteiger partial charge in [0, 0.05) is 30.9 Å². The quantitative estimate of drug-likeness (QED) is 0.513. The summed E-state index contributed by atoms with van der Waals surface area (Å²) >= 11 is 12.2. The summed E-state index contributed by atoms with van der Waals surface area (Å²) in [6.45, 7) is 1.64. The first-order valence-electron chi connectivity index (χ1n) is 6.13.